The van der Waals surface area contributed by atoms with Crippen molar-refractivity contribution in [2.24, 2.45) is 0 Å². The van der Waals surface area contributed by atoms with Gasteiger partial charge in [-0.25, -0.2) is 0 Å². The van der Waals surface area contributed by atoms with Gasteiger partial charge in [0, 0.05) is 5.56 Å². The number of rotatable bonds is 3. The van der Waals surface area contributed by atoms with E-state index in [1.165, 1.54) is 5.56 Å². The number of hydrogen-bond donors (Lipinski definition) is 0. The third-order valence-electron chi connectivity index (χ3n) is 2.79. The topological polar surface area (TPSA) is 30.2 Å². The number of ketones is 1. The third kappa shape index (κ3) is 2.42. The van der Waals surface area contributed by atoms with Gasteiger partial charge in [-0.2, -0.15) is 0 Å². The van der Waals surface area contributed by atoms with Gasteiger partial charge in [-0.05, 0) is 43.2 Å². The molecular weight excluding hydrogens is 236 g/mol. The molecule has 88 valence electrons. The van der Waals surface area contributed by atoms with Gasteiger partial charge in [-0.3, -0.25) is 4.79 Å². The van der Waals surface area contributed by atoms with Gasteiger partial charge < -0.3 is 4.42 Å². The lowest BCUT2D eigenvalue weighted by Crippen LogP contribution is -2.00. The lowest BCUT2D eigenvalue weighted by Gasteiger charge is -2.02. The van der Waals surface area contributed by atoms with Crippen molar-refractivity contribution in [2.75, 3.05) is 0 Å². The van der Waals surface area contributed by atoms with E-state index in [9.17, 15) is 4.79 Å². The molecule has 0 amide bonds. The summed E-state index contributed by atoms with van der Waals surface area (Å²) < 4.78 is 5.34. The maximum absolute atomic E-state index is 12.1. The Balaban J connectivity index is 2.33. The van der Waals surface area contributed by atoms with Crippen molar-refractivity contribution in [3.63, 3.8) is 0 Å². The molecule has 0 aliphatic carbocycles. The van der Waals surface area contributed by atoms with Gasteiger partial charge in [0.2, 0.25) is 5.78 Å². The molecule has 2 nitrogen and oxygen atoms in total. The highest BCUT2D eigenvalue weighted by atomic mass is 35.5. The molecular formula is C14H13ClO2. The van der Waals surface area contributed by atoms with Gasteiger partial charge >= 0.3 is 0 Å². The molecule has 0 bridgehead atoms. The number of furan rings is 1. The Kier molecular flexibility index (Phi) is 3.34. The predicted molar refractivity (Wildman–Crippen MR) is 67.6 cm³/mol. The number of halogens is 1. The van der Waals surface area contributed by atoms with Gasteiger partial charge in [0.25, 0.3) is 0 Å². The zero-order valence-corrected chi connectivity index (χ0v) is 10.5. The number of carbonyl (C=O) groups is 1. The molecule has 0 N–H and O–H groups in total. The van der Waals surface area contributed by atoms with Crippen LogP contribution in [0.25, 0.3) is 0 Å². The Morgan fingerprint density at radius 2 is 1.94 bits per heavy atom. The lowest BCUT2D eigenvalue weighted by atomic mass is 10.0. The number of alkyl halides is 1. The first-order valence-corrected chi connectivity index (χ1v) is 5.92. The van der Waals surface area contributed by atoms with Crippen LogP contribution in [0.15, 0.2) is 34.7 Å². The van der Waals surface area contributed by atoms with Crippen molar-refractivity contribution in [1.82, 2.24) is 0 Å². The zero-order valence-electron chi connectivity index (χ0n) is 9.79. The van der Waals surface area contributed by atoms with Gasteiger partial charge in [-0.15, -0.1) is 11.6 Å². The average molecular weight is 249 g/mol. The highest BCUT2D eigenvalue weighted by molar-refractivity contribution is 6.16. The summed E-state index contributed by atoms with van der Waals surface area (Å²) in [5, 5.41) is 0. The predicted octanol–water partition coefficient (Wildman–Crippen LogP) is 3.87. The normalized spacial score (nSPS) is 10.5. The molecule has 1 aromatic carbocycles. The van der Waals surface area contributed by atoms with Gasteiger partial charge in [0.1, 0.15) is 5.76 Å². The van der Waals surface area contributed by atoms with Crippen LogP contribution in [0.2, 0.25) is 0 Å². The van der Waals surface area contributed by atoms with E-state index in [1.807, 2.05) is 32.0 Å². The van der Waals surface area contributed by atoms with E-state index in [-0.39, 0.29) is 11.7 Å². The zero-order chi connectivity index (χ0) is 12.4. The number of aryl methyl sites for hydroxylation is 2. The molecule has 0 aliphatic rings. The fourth-order valence-corrected chi connectivity index (χ4v) is 1.74. The molecule has 2 rings (SSSR count). The number of carbonyl (C=O) groups excluding carboxylic acids is 1. The standard InChI is InChI=1S/C14H13ClO2/c1-9-3-4-11(7-10(9)2)14(16)13-6-5-12(8-15)17-13/h3-7H,8H2,1-2H3. The Morgan fingerprint density at radius 1 is 1.18 bits per heavy atom. The first kappa shape index (κ1) is 11.9. The van der Waals surface area contributed by atoms with Gasteiger partial charge in [0.05, 0.1) is 5.88 Å². The number of hydrogen-bond acceptors (Lipinski definition) is 2. The van der Waals surface area contributed by atoms with Crippen molar-refractivity contribution in [1.29, 1.82) is 0 Å². The molecule has 17 heavy (non-hydrogen) atoms. The minimum atomic E-state index is -0.107. The Morgan fingerprint density at radius 3 is 2.53 bits per heavy atom. The highest BCUT2D eigenvalue weighted by Crippen LogP contribution is 2.17. The van der Waals surface area contributed by atoms with Crippen LogP contribution in [0.5, 0.6) is 0 Å². The van der Waals surface area contributed by atoms with Crippen LogP contribution in [0, 0.1) is 13.8 Å². The summed E-state index contributed by atoms with van der Waals surface area (Å²) in [4.78, 5) is 12.1. The number of benzene rings is 1. The minimum absolute atomic E-state index is 0.107. The summed E-state index contributed by atoms with van der Waals surface area (Å²) in [6.45, 7) is 4.00. The van der Waals surface area contributed by atoms with Crippen molar-refractivity contribution >= 4 is 17.4 Å². The van der Waals surface area contributed by atoms with Crippen molar-refractivity contribution in [3.8, 4) is 0 Å². The molecule has 1 heterocycles. The van der Waals surface area contributed by atoms with Crippen molar-refractivity contribution in [3.05, 3.63) is 58.5 Å². The molecule has 0 aliphatic heterocycles. The van der Waals surface area contributed by atoms with Gasteiger partial charge in [0.15, 0.2) is 5.76 Å². The Bertz CT molecular complexity index is 555. The lowest BCUT2D eigenvalue weighted by molar-refractivity contribution is 0.101. The Labute approximate surface area is 105 Å². The van der Waals surface area contributed by atoms with E-state index in [1.54, 1.807) is 12.1 Å². The van der Waals surface area contributed by atoms with Crippen LogP contribution < -0.4 is 0 Å². The van der Waals surface area contributed by atoms with Crippen LogP contribution in [0.3, 0.4) is 0 Å². The minimum Gasteiger partial charge on any atom is -0.456 e. The maximum Gasteiger partial charge on any atom is 0.228 e. The Hall–Kier alpha value is -1.54. The molecule has 0 unspecified atom stereocenters. The molecule has 0 fully saturated rings. The fourth-order valence-electron chi connectivity index (χ4n) is 1.60. The summed E-state index contributed by atoms with van der Waals surface area (Å²) in [5.41, 5.74) is 2.91. The summed E-state index contributed by atoms with van der Waals surface area (Å²) in [6.07, 6.45) is 0. The van der Waals surface area contributed by atoms with E-state index < -0.39 is 0 Å². The largest absolute Gasteiger partial charge is 0.456 e. The van der Waals surface area contributed by atoms with Crippen LogP contribution in [0.1, 0.15) is 33.0 Å². The SMILES string of the molecule is Cc1ccc(C(=O)c2ccc(CCl)o2)cc1C. The summed E-state index contributed by atoms with van der Waals surface area (Å²) in [5.74, 6) is 1.12. The van der Waals surface area contributed by atoms with Crippen LogP contribution in [-0.4, -0.2) is 5.78 Å². The molecule has 0 atom stereocenters. The van der Waals surface area contributed by atoms with Crippen LogP contribution in [-0.2, 0) is 5.88 Å². The van der Waals surface area contributed by atoms with Crippen LogP contribution >= 0.6 is 11.6 Å². The van der Waals surface area contributed by atoms with E-state index in [2.05, 4.69) is 0 Å². The van der Waals surface area contributed by atoms with Gasteiger partial charge in [-0.1, -0.05) is 12.1 Å². The van der Waals surface area contributed by atoms with E-state index in [0.29, 0.717) is 17.1 Å². The van der Waals surface area contributed by atoms with E-state index in [0.717, 1.165) is 5.56 Å². The summed E-state index contributed by atoms with van der Waals surface area (Å²) in [7, 11) is 0. The summed E-state index contributed by atoms with van der Waals surface area (Å²) >= 11 is 5.63. The fraction of sp³-hybridized carbons (Fsp3) is 0.214. The molecule has 3 heteroatoms. The molecule has 0 radical (unpaired) electrons. The second kappa shape index (κ2) is 4.76. The van der Waals surface area contributed by atoms with E-state index in [4.69, 9.17) is 16.0 Å². The molecule has 1 aromatic heterocycles. The first-order chi connectivity index (χ1) is 8.11. The highest BCUT2D eigenvalue weighted by Gasteiger charge is 2.13. The second-order valence-corrected chi connectivity index (χ2v) is 4.30. The smallest absolute Gasteiger partial charge is 0.228 e. The molecule has 0 saturated heterocycles. The quantitative estimate of drug-likeness (QED) is 0.610. The summed E-state index contributed by atoms with van der Waals surface area (Å²) in [6, 6.07) is 9.01. The maximum atomic E-state index is 12.1. The monoisotopic (exact) mass is 248 g/mol. The molecule has 2 aromatic rings. The third-order valence-corrected chi connectivity index (χ3v) is 3.05. The van der Waals surface area contributed by atoms with Crippen LogP contribution in [0.4, 0.5) is 0 Å². The first-order valence-electron chi connectivity index (χ1n) is 5.38. The van der Waals surface area contributed by atoms with Crippen molar-refractivity contribution in [2.45, 2.75) is 19.7 Å². The van der Waals surface area contributed by atoms with Crippen molar-refractivity contribution < 1.29 is 9.21 Å². The average Bonchev–Trinajstić information content (AvgIpc) is 2.80. The second-order valence-electron chi connectivity index (χ2n) is 4.03. The molecule has 0 saturated carbocycles. The van der Waals surface area contributed by atoms with E-state index >= 15 is 0 Å². The molecule has 0 spiro atoms.